The molecule has 2 heteroatoms. The summed E-state index contributed by atoms with van der Waals surface area (Å²) in [4.78, 5) is 4.25. The molecule has 0 amide bonds. The minimum Gasteiger partial charge on any atom is -0.340 e. The van der Waals surface area contributed by atoms with Crippen molar-refractivity contribution in [3.8, 4) is 5.75 Å². The van der Waals surface area contributed by atoms with Crippen molar-refractivity contribution >= 4 is 6.08 Å². The molecule has 0 aliphatic heterocycles. The predicted molar refractivity (Wildman–Crippen MR) is 53.8 cm³/mol. The second-order valence-corrected chi connectivity index (χ2v) is 2.82. The van der Waals surface area contributed by atoms with Gasteiger partial charge < -0.3 is 4.89 Å². The topological polar surface area (TPSA) is 29.5 Å². The summed E-state index contributed by atoms with van der Waals surface area (Å²) in [5.74, 6) is 0.496. The number of hydrogen-bond acceptors (Lipinski definition) is 2. The molecule has 1 aromatic carbocycles. The van der Waals surface area contributed by atoms with Crippen LogP contribution in [0, 0.1) is 0 Å². The zero-order valence-corrected chi connectivity index (χ0v) is 7.95. The Balaban J connectivity index is 3.09. The number of rotatable bonds is 3. The standard InChI is InChI=1S/C11H14O2/c1-3-5-10-8-9(4-2)6-7-11(10)13-12/h3,5-8,12H,4H2,1-2H3/b5-3+. The Hall–Kier alpha value is -1.28. The lowest BCUT2D eigenvalue weighted by Crippen LogP contribution is -1.89. The lowest BCUT2D eigenvalue weighted by molar-refractivity contribution is -0.137. The highest BCUT2D eigenvalue weighted by atomic mass is 17.1. The van der Waals surface area contributed by atoms with Gasteiger partial charge in [0.2, 0.25) is 0 Å². The van der Waals surface area contributed by atoms with E-state index in [1.54, 1.807) is 6.07 Å². The zero-order valence-electron chi connectivity index (χ0n) is 7.95. The SMILES string of the molecule is C/C=C/c1cc(CC)ccc1OO. The molecule has 0 aromatic heterocycles. The number of allylic oxidation sites excluding steroid dienone is 1. The van der Waals surface area contributed by atoms with Gasteiger partial charge in [0.1, 0.15) is 0 Å². The van der Waals surface area contributed by atoms with Crippen LogP contribution >= 0.6 is 0 Å². The van der Waals surface area contributed by atoms with Gasteiger partial charge in [-0.1, -0.05) is 25.1 Å². The van der Waals surface area contributed by atoms with Gasteiger partial charge in [0, 0.05) is 5.56 Å². The van der Waals surface area contributed by atoms with Gasteiger partial charge >= 0.3 is 0 Å². The highest BCUT2D eigenvalue weighted by Crippen LogP contribution is 2.21. The highest BCUT2D eigenvalue weighted by molar-refractivity contribution is 5.58. The van der Waals surface area contributed by atoms with Gasteiger partial charge in [0.25, 0.3) is 0 Å². The van der Waals surface area contributed by atoms with E-state index >= 15 is 0 Å². The van der Waals surface area contributed by atoms with Crippen LogP contribution in [0.15, 0.2) is 24.3 Å². The maximum Gasteiger partial charge on any atom is 0.172 e. The van der Waals surface area contributed by atoms with Crippen molar-refractivity contribution in [3.63, 3.8) is 0 Å². The van der Waals surface area contributed by atoms with Gasteiger partial charge in [-0.25, -0.2) is 5.26 Å². The number of hydrogen-bond donors (Lipinski definition) is 1. The van der Waals surface area contributed by atoms with Crippen molar-refractivity contribution in [3.05, 3.63) is 35.4 Å². The van der Waals surface area contributed by atoms with Crippen LogP contribution in [0.3, 0.4) is 0 Å². The average Bonchev–Trinajstić information content (AvgIpc) is 2.18. The Kier molecular flexibility index (Phi) is 3.53. The molecule has 0 spiro atoms. The summed E-state index contributed by atoms with van der Waals surface area (Å²) in [6, 6.07) is 5.72. The molecule has 0 atom stereocenters. The third kappa shape index (κ3) is 2.33. The van der Waals surface area contributed by atoms with E-state index in [2.05, 4.69) is 11.8 Å². The van der Waals surface area contributed by atoms with Crippen LogP contribution in [-0.2, 0) is 6.42 Å². The Labute approximate surface area is 78.4 Å². The molecule has 13 heavy (non-hydrogen) atoms. The molecule has 0 radical (unpaired) electrons. The van der Waals surface area contributed by atoms with Crippen LogP contribution in [0.25, 0.3) is 6.08 Å². The molecule has 0 saturated heterocycles. The molecule has 70 valence electrons. The normalized spacial score (nSPS) is 10.7. The van der Waals surface area contributed by atoms with Crippen molar-refractivity contribution in [2.45, 2.75) is 20.3 Å². The van der Waals surface area contributed by atoms with Gasteiger partial charge in [-0.05, 0) is 31.0 Å². The number of aryl methyl sites for hydroxylation is 1. The fraction of sp³-hybridized carbons (Fsp3) is 0.273. The van der Waals surface area contributed by atoms with Crippen LogP contribution in [0.1, 0.15) is 25.0 Å². The summed E-state index contributed by atoms with van der Waals surface area (Å²) >= 11 is 0. The van der Waals surface area contributed by atoms with E-state index in [0.717, 1.165) is 12.0 Å². The van der Waals surface area contributed by atoms with Gasteiger partial charge in [0.15, 0.2) is 5.75 Å². The summed E-state index contributed by atoms with van der Waals surface area (Å²) in [6.45, 7) is 4.02. The smallest absolute Gasteiger partial charge is 0.172 e. The molecule has 0 fully saturated rings. The third-order valence-electron chi connectivity index (χ3n) is 1.93. The molecule has 0 aliphatic carbocycles. The van der Waals surface area contributed by atoms with E-state index < -0.39 is 0 Å². The van der Waals surface area contributed by atoms with E-state index in [1.807, 2.05) is 31.2 Å². The van der Waals surface area contributed by atoms with Gasteiger partial charge in [-0.3, -0.25) is 0 Å². The Bertz CT molecular complexity index is 303. The first-order valence-electron chi connectivity index (χ1n) is 4.38. The minimum absolute atomic E-state index is 0.496. The first-order valence-corrected chi connectivity index (χ1v) is 4.38. The molecule has 0 saturated carbocycles. The van der Waals surface area contributed by atoms with Crippen LogP contribution in [0.2, 0.25) is 0 Å². The van der Waals surface area contributed by atoms with Crippen LogP contribution in [-0.4, -0.2) is 5.26 Å². The summed E-state index contributed by atoms with van der Waals surface area (Å²) < 4.78 is 0. The molecule has 0 aliphatic rings. The molecule has 0 heterocycles. The van der Waals surface area contributed by atoms with Crippen LogP contribution in [0.5, 0.6) is 5.75 Å². The van der Waals surface area contributed by atoms with Crippen LogP contribution < -0.4 is 4.89 Å². The lowest BCUT2D eigenvalue weighted by Gasteiger charge is -2.04. The highest BCUT2D eigenvalue weighted by Gasteiger charge is 2.00. The Morgan fingerprint density at radius 1 is 1.46 bits per heavy atom. The van der Waals surface area contributed by atoms with Gasteiger partial charge in [-0.15, -0.1) is 0 Å². The Morgan fingerprint density at radius 3 is 2.77 bits per heavy atom. The largest absolute Gasteiger partial charge is 0.340 e. The van der Waals surface area contributed by atoms with E-state index in [1.165, 1.54) is 5.56 Å². The quantitative estimate of drug-likeness (QED) is 0.569. The molecular weight excluding hydrogens is 164 g/mol. The molecule has 0 bridgehead atoms. The Morgan fingerprint density at radius 2 is 2.23 bits per heavy atom. The second kappa shape index (κ2) is 4.67. The van der Waals surface area contributed by atoms with Crippen molar-refractivity contribution in [1.29, 1.82) is 0 Å². The van der Waals surface area contributed by atoms with Crippen molar-refractivity contribution in [2.75, 3.05) is 0 Å². The maximum absolute atomic E-state index is 8.57. The fourth-order valence-corrected chi connectivity index (χ4v) is 1.21. The van der Waals surface area contributed by atoms with E-state index in [0.29, 0.717) is 5.75 Å². The zero-order chi connectivity index (χ0) is 9.68. The van der Waals surface area contributed by atoms with E-state index in [-0.39, 0.29) is 0 Å². The molecular formula is C11H14O2. The first-order chi connectivity index (χ1) is 6.31. The van der Waals surface area contributed by atoms with E-state index in [4.69, 9.17) is 5.26 Å². The fourth-order valence-electron chi connectivity index (χ4n) is 1.21. The van der Waals surface area contributed by atoms with Gasteiger partial charge in [-0.2, -0.15) is 0 Å². The summed E-state index contributed by atoms with van der Waals surface area (Å²) in [5.41, 5.74) is 2.14. The minimum atomic E-state index is 0.496. The van der Waals surface area contributed by atoms with Crippen LogP contribution in [0.4, 0.5) is 0 Å². The third-order valence-corrected chi connectivity index (χ3v) is 1.93. The molecule has 2 nitrogen and oxygen atoms in total. The maximum atomic E-state index is 8.57. The van der Waals surface area contributed by atoms with Gasteiger partial charge in [0.05, 0.1) is 0 Å². The van der Waals surface area contributed by atoms with E-state index in [9.17, 15) is 0 Å². The summed E-state index contributed by atoms with van der Waals surface area (Å²) in [5, 5.41) is 8.57. The summed E-state index contributed by atoms with van der Waals surface area (Å²) in [7, 11) is 0. The molecule has 1 N–H and O–H groups in total. The molecule has 1 aromatic rings. The predicted octanol–water partition coefficient (Wildman–Crippen LogP) is 3.13. The monoisotopic (exact) mass is 178 g/mol. The lowest BCUT2D eigenvalue weighted by atomic mass is 10.1. The molecule has 1 rings (SSSR count). The summed E-state index contributed by atoms with van der Waals surface area (Å²) in [6.07, 6.45) is 4.80. The molecule has 0 unspecified atom stereocenters. The van der Waals surface area contributed by atoms with Crippen molar-refractivity contribution in [2.24, 2.45) is 0 Å². The second-order valence-electron chi connectivity index (χ2n) is 2.82. The average molecular weight is 178 g/mol. The first kappa shape index (κ1) is 9.81. The number of benzene rings is 1. The van der Waals surface area contributed by atoms with Crippen molar-refractivity contribution < 1.29 is 10.1 Å². The van der Waals surface area contributed by atoms with Crippen molar-refractivity contribution in [1.82, 2.24) is 0 Å².